The van der Waals surface area contributed by atoms with Crippen LogP contribution in [0.5, 0.6) is 0 Å². The Hall–Kier alpha value is -4.77. The van der Waals surface area contributed by atoms with Gasteiger partial charge in [-0.05, 0) is 46.5 Å². The van der Waals surface area contributed by atoms with E-state index in [-0.39, 0.29) is 45.7 Å². The SMILES string of the molecule is CC/C(C)=N/OC(=O)NCCCn1c(=O)n(CCNC(=O)O/N=C(\C)CC)c(=O)n(CCNC(=O)O/N=C(\C)CC)c1=O. The van der Waals surface area contributed by atoms with E-state index >= 15 is 0 Å². The van der Waals surface area contributed by atoms with E-state index in [0.29, 0.717) is 36.4 Å². The highest BCUT2D eigenvalue weighted by Crippen LogP contribution is 1.90. The maximum Gasteiger partial charge on any atom is 0.433 e. The lowest BCUT2D eigenvalue weighted by molar-refractivity contribution is 0.149. The third-order valence-electron chi connectivity index (χ3n) is 5.81. The number of rotatable bonds is 16. The van der Waals surface area contributed by atoms with Crippen molar-refractivity contribution in [3.05, 3.63) is 31.5 Å². The Bertz CT molecular complexity index is 1300. The van der Waals surface area contributed by atoms with E-state index in [2.05, 4.69) is 31.4 Å². The average Bonchev–Trinajstić information content (AvgIpc) is 2.99. The Labute approximate surface area is 247 Å². The van der Waals surface area contributed by atoms with Crippen molar-refractivity contribution in [2.75, 3.05) is 19.6 Å². The smallest absolute Gasteiger partial charge is 0.320 e. The Morgan fingerprint density at radius 2 is 0.860 bits per heavy atom. The fourth-order valence-electron chi connectivity index (χ4n) is 2.87. The second-order valence-corrected chi connectivity index (χ2v) is 9.11. The zero-order valence-corrected chi connectivity index (χ0v) is 25.4. The van der Waals surface area contributed by atoms with Crippen molar-refractivity contribution in [2.45, 2.75) is 86.9 Å². The molecule has 18 nitrogen and oxygen atoms in total. The zero-order chi connectivity index (χ0) is 32.4. The van der Waals surface area contributed by atoms with Gasteiger partial charge in [0.2, 0.25) is 0 Å². The Morgan fingerprint density at radius 1 is 0.558 bits per heavy atom. The Morgan fingerprint density at radius 3 is 1.19 bits per heavy atom. The first-order valence-electron chi connectivity index (χ1n) is 13.8. The summed E-state index contributed by atoms with van der Waals surface area (Å²) in [6.07, 6.45) is -0.724. The van der Waals surface area contributed by atoms with Gasteiger partial charge in [0.1, 0.15) is 0 Å². The van der Waals surface area contributed by atoms with Crippen molar-refractivity contribution in [3.8, 4) is 0 Å². The topological polar surface area (TPSA) is 218 Å². The second kappa shape index (κ2) is 19.4. The maximum absolute atomic E-state index is 13.1. The highest BCUT2D eigenvalue weighted by Gasteiger charge is 2.16. The summed E-state index contributed by atoms with van der Waals surface area (Å²) in [5.41, 5.74) is -1.03. The summed E-state index contributed by atoms with van der Waals surface area (Å²) in [6.45, 7) is 9.41. The van der Waals surface area contributed by atoms with Crippen molar-refractivity contribution in [2.24, 2.45) is 15.5 Å². The van der Waals surface area contributed by atoms with Crippen molar-refractivity contribution in [3.63, 3.8) is 0 Å². The summed E-state index contributed by atoms with van der Waals surface area (Å²) < 4.78 is 2.34. The molecule has 0 aliphatic carbocycles. The van der Waals surface area contributed by atoms with Gasteiger partial charge in [-0.3, -0.25) is 14.5 Å². The zero-order valence-electron chi connectivity index (χ0n) is 25.4. The predicted molar refractivity (Wildman–Crippen MR) is 157 cm³/mol. The van der Waals surface area contributed by atoms with E-state index in [0.717, 1.165) is 13.7 Å². The fraction of sp³-hybridized carbons (Fsp3) is 0.640. The van der Waals surface area contributed by atoms with E-state index in [4.69, 9.17) is 14.5 Å². The molecule has 0 saturated carbocycles. The van der Waals surface area contributed by atoms with Crippen molar-refractivity contribution in [1.82, 2.24) is 29.7 Å². The van der Waals surface area contributed by atoms with Gasteiger partial charge in [-0.25, -0.2) is 42.5 Å². The number of oxime groups is 3. The molecule has 0 bridgehead atoms. The molecular weight excluding hydrogens is 570 g/mol. The molecule has 0 unspecified atom stereocenters. The summed E-state index contributed by atoms with van der Waals surface area (Å²) in [6, 6.07) is 0. The van der Waals surface area contributed by atoms with Crippen LogP contribution in [0.4, 0.5) is 14.4 Å². The minimum absolute atomic E-state index is 0.0285. The first-order valence-corrected chi connectivity index (χ1v) is 13.8. The average molecular weight is 612 g/mol. The number of nitrogens with one attached hydrogen (secondary N) is 3. The van der Waals surface area contributed by atoms with Gasteiger partial charge in [-0.2, -0.15) is 0 Å². The minimum Gasteiger partial charge on any atom is -0.320 e. The van der Waals surface area contributed by atoms with Gasteiger partial charge in [0.15, 0.2) is 0 Å². The van der Waals surface area contributed by atoms with Crippen molar-refractivity contribution >= 4 is 35.4 Å². The fourth-order valence-corrected chi connectivity index (χ4v) is 2.87. The van der Waals surface area contributed by atoms with Crippen molar-refractivity contribution < 1.29 is 28.9 Å². The second-order valence-electron chi connectivity index (χ2n) is 9.11. The molecule has 18 heteroatoms. The standard InChI is InChI=1S/C25H41N9O9/c1-7-17(4)29-41-20(35)26-11-10-14-32-23(38)33(15-12-27-21(36)42-30-18(5)8-2)25(40)34(24(32)39)16-13-28-22(37)43-31-19(6)9-3/h7-16H2,1-6H3,(H,26,35)(H,27,36)(H,28,37)/b29-17+,30-18+,31-19+. The first kappa shape index (κ1) is 36.3. The van der Waals surface area contributed by atoms with Gasteiger partial charge in [0, 0.05) is 39.3 Å². The summed E-state index contributed by atoms with van der Waals surface area (Å²) in [7, 11) is 0. The molecule has 1 aromatic rings. The third kappa shape index (κ3) is 13.2. The molecule has 0 aliphatic rings. The number of aromatic nitrogens is 3. The summed E-state index contributed by atoms with van der Waals surface area (Å²) in [5, 5.41) is 18.1. The van der Waals surface area contributed by atoms with Crippen molar-refractivity contribution in [1.29, 1.82) is 0 Å². The molecule has 1 heterocycles. The van der Waals surface area contributed by atoms with Crippen LogP contribution < -0.4 is 33.0 Å². The normalized spacial score (nSPS) is 12.0. The van der Waals surface area contributed by atoms with E-state index in [1.165, 1.54) is 0 Å². The van der Waals surface area contributed by atoms with E-state index in [9.17, 15) is 28.8 Å². The molecule has 3 amide bonds. The minimum atomic E-state index is -0.956. The molecule has 0 radical (unpaired) electrons. The molecule has 0 aromatic carbocycles. The van der Waals surface area contributed by atoms with Crippen LogP contribution in [-0.4, -0.2) is 68.8 Å². The van der Waals surface area contributed by atoms with Crippen LogP contribution in [0.1, 0.15) is 67.2 Å². The van der Waals surface area contributed by atoms with Crippen LogP contribution in [-0.2, 0) is 34.1 Å². The van der Waals surface area contributed by atoms with Gasteiger partial charge in [-0.1, -0.05) is 36.2 Å². The Kier molecular flexibility index (Phi) is 16.3. The highest BCUT2D eigenvalue weighted by atomic mass is 16.7. The number of hydrogen-bond acceptors (Lipinski definition) is 12. The predicted octanol–water partition coefficient (Wildman–Crippen LogP) is 1.10. The number of amides is 3. The number of carbonyl (C=O) groups is 3. The molecule has 0 atom stereocenters. The molecule has 43 heavy (non-hydrogen) atoms. The van der Waals surface area contributed by atoms with E-state index < -0.39 is 35.3 Å². The first-order chi connectivity index (χ1) is 20.4. The summed E-state index contributed by atoms with van der Waals surface area (Å²) >= 11 is 0. The molecule has 240 valence electrons. The molecular formula is C25H41N9O9. The molecule has 0 saturated heterocycles. The summed E-state index contributed by atoms with van der Waals surface area (Å²) in [5.74, 6) is 0. The van der Waals surface area contributed by atoms with Gasteiger partial charge >= 0.3 is 35.3 Å². The van der Waals surface area contributed by atoms with Gasteiger partial charge in [0.05, 0.1) is 17.1 Å². The van der Waals surface area contributed by atoms with Crippen LogP contribution >= 0.6 is 0 Å². The molecule has 0 fully saturated rings. The third-order valence-corrected chi connectivity index (χ3v) is 5.81. The van der Waals surface area contributed by atoms with Gasteiger partial charge in [0.25, 0.3) is 0 Å². The van der Waals surface area contributed by atoms with Crippen LogP contribution in [0.25, 0.3) is 0 Å². The molecule has 0 aliphatic heterocycles. The maximum atomic E-state index is 13.1. The van der Waals surface area contributed by atoms with Crippen LogP contribution in [0, 0.1) is 0 Å². The van der Waals surface area contributed by atoms with Gasteiger partial charge < -0.3 is 16.0 Å². The largest absolute Gasteiger partial charge is 0.433 e. The summed E-state index contributed by atoms with van der Waals surface area (Å²) in [4.78, 5) is 88.9. The quantitative estimate of drug-likeness (QED) is 0.105. The molecule has 0 spiro atoms. The molecule has 3 N–H and O–H groups in total. The van der Waals surface area contributed by atoms with E-state index in [1.54, 1.807) is 20.8 Å². The lowest BCUT2D eigenvalue weighted by Gasteiger charge is -2.14. The Balaban J connectivity index is 3.08. The number of nitrogens with zero attached hydrogens (tertiary/aromatic N) is 6. The lowest BCUT2D eigenvalue weighted by Crippen LogP contribution is -2.56. The lowest BCUT2D eigenvalue weighted by atomic mass is 10.3. The van der Waals surface area contributed by atoms with Crippen LogP contribution in [0.3, 0.4) is 0 Å². The molecule has 1 aromatic heterocycles. The monoisotopic (exact) mass is 611 g/mol. The molecule has 1 rings (SSSR count). The number of hydrogen-bond donors (Lipinski definition) is 3. The van der Waals surface area contributed by atoms with Crippen LogP contribution in [0.15, 0.2) is 29.9 Å². The number of carbonyl (C=O) groups excluding carboxylic acids is 3. The van der Waals surface area contributed by atoms with Gasteiger partial charge in [-0.15, -0.1) is 0 Å². The van der Waals surface area contributed by atoms with E-state index in [1.807, 2.05) is 20.8 Å². The van der Waals surface area contributed by atoms with Crippen LogP contribution in [0.2, 0.25) is 0 Å². The highest BCUT2D eigenvalue weighted by molar-refractivity contribution is 5.82.